The number of hydrogen-bond acceptors (Lipinski definition) is 3. The highest BCUT2D eigenvalue weighted by atomic mass is 127. The van der Waals surface area contributed by atoms with Gasteiger partial charge in [0.1, 0.15) is 5.82 Å². The van der Waals surface area contributed by atoms with Gasteiger partial charge in [-0.15, -0.1) is 24.0 Å². The van der Waals surface area contributed by atoms with E-state index >= 15 is 0 Å². The number of aliphatic imine (C=N–C) groups is 1. The lowest BCUT2D eigenvalue weighted by Gasteiger charge is -2.20. The van der Waals surface area contributed by atoms with E-state index in [1.807, 2.05) is 19.1 Å². The Morgan fingerprint density at radius 1 is 1.35 bits per heavy atom. The molecule has 0 saturated carbocycles. The summed E-state index contributed by atoms with van der Waals surface area (Å²) in [7, 11) is 0. The van der Waals surface area contributed by atoms with E-state index < -0.39 is 0 Å². The highest BCUT2D eigenvalue weighted by molar-refractivity contribution is 14.0. The fraction of sp³-hybridized carbons (Fsp3) is 0.562. The molecule has 1 aliphatic heterocycles. The number of hydrogen-bond donors (Lipinski definition) is 2. The van der Waals surface area contributed by atoms with Gasteiger partial charge in [0, 0.05) is 32.3 Å². The van der Waals surface area contributed by atoms with Crippen molar-refractivity contribution in [2.75, 3.05) is 31.5 Å². The monoisotopic (exact) mass is 431 g/mol. The first-order valence-electron chi connectivity index (χ1n) is 7.95. The Hall–Kier alpha value is -1.38. The van der Waals surface area contributed by atoms with Crippen LogP contribution in [-0.4, -0.2) is 47.9 Å². The molecule has 1 amide bonds. The van der Waals surface area contributed by atoms with Gasteiger partial charge in [0.05, 0.1) is 6.54 Å². The van der Waals surface area contributed by atoms with Crippen LogP contribution in [0.3, 0.4) is 0 Å². The molecule has 0 unspecified atom stereocenters. The fourth-order valence-electron chi connectivity index (χ4n) is 2.37. The van der Waals surface area contributed by atoms with Gasteiger partial charge in [0.15, 0.2) is 5.96 Å². The van der Waals surface area contributed by atoms with Gasteiger partial charge in [-0.1, -0.05) is 6.07 Å². The van der Waals surface area contributed by atoms with Gasteiger partial charge in [-0.3, -0.25) is 9.79 Å². The van der Waals surface area contributed by atoms with Crippen LogP contribution < -0.4 is 10.6 Å². The third-order valence-electron chi connectivity index (χ3n) is 3.52. The van der Waals surface area contributed by atoms with Crippen LogP contribution in [0.25, 0.3) is 0 Å². The number of aryl methyl sites for hydroxylation is 1. The van der Waals surface area contributed by atoms with E-state index in [0.29, 0.717) is 18.8 Å². The minimum absolute atomic E-state index is 0. The van der Waals surface area contributed by atoms with Gasteiger partial charge in [-0.25, -0.2) is 4.98 Å². The summed E-state index contributed by atoms with van der Waals surface area (Å²) in [6, 6.07) is 3.74. The van der Waals surface area contributed by atoms with Gasteiger partial charge in [0.25, 0.3) is 0 Å². The van der Waals surface area contributed by atoms with Crippen molar-refractivity contribution < 1.29 is 4.79 Å². The second-order valence-electron chi connectivity index (χ2n) is 5.45. The number of aromatic nitrogens is 1. The van der Waals surface area contributed by atoms with Crippen LogP contribution in [0.1, 0.15) is 31.7 Å². The predicted octanol–water partition coefficient (Wildman–Crippen LogP) is 2.40. The van der Waals surface area contributed by atoms with Crippen LogP contribution in [0.4, 0.5) is 5.82 Å². The normalized spacial score (nSPS) is 14.3. The van der Waals surface area contributed by atoms with Crippen LogP contribution in [0.2, 0.25) is 0 Å². The Labute approximate surface area is 155 Å². The summed E-state index contributed by atoms with van der Waals surface area (Å²) < 4.78 is 0. The smallest absolute Gasteiger partial charge is 0.227 e. The Bertz CT molecular complexity index is 512. The maximum Gasteiger partial charge on any atom is 0.227 e. The zero-order valence-electron chi connectivity index (χ0n) is 13.8. The number of carbonyl (C=O) groups is 1. The molecule has 0 aromatic carbocycles. The van der Waals surface area contributed by atoms with Crippen molar-refractivity contribution in [3.8, 4) is 0 Å². The van der Waals surface area contributed by atoms with Crippen molar-refractivity contribution in [2.45, 2.75) is 33.1 Å². The molecule has 0 atom stereocenters. The van der Waals surface area contributed by atoms with Gasteiger partial charge in [-0.05, 0) is 38.3 Å². The van der Waals surface area contributed by atoms with Crippen LogP contribution in [0.15, 0.2) is 23.3 Å². The van der Waals surface area contributed by atoms with E-state index in [2.05, 4.69) is 32.4 Å². The third-order valence-corrected chi connectivity index (χ3v) is 3.52. The van der Waals surface area contributed by atoms with Crippen molar-refractivity contribution in [3.63, 3.8) is 0 Å². The first-order chi connectivity index (χ1) is 10.7. The Morgan fingerprint density at radius 2 is 2.09 bits per heavy atom. The quantitative estimate of drug-likeness (QED) is 0.427. The summed E-state index contributed by atoms with van der Waals surface area (Å²) >= 11 is 0. The number of likely N-dealkylation sites (tertiary alicyclic amines) is 1. The van der Waals surface area contributed by atoms with E-state index in [1.165, 1.54) is 12.8 Å². The molecule has 1 fully saturated rings. The van der Waals surface area contributed by atoms with Crippen molar-refractivity contribution >= 4 is 41.7 Å². The molecule has 1 aliphatic rings. The number of pyridine rings is 1. The first-order valence-corrected chi connectivity index (χ1v) is 7.95. The maximum atomic E-state index is 11.9. The lowest BCUT2D eigenvalue weighted by Crippen LogP contribution is -2.39. The van der Waals surface area contributed by atoms with Gasteiger partial charge < -0.3 is 15.5 Å². The van der Waals surface area contributed by atoms with Crippen molar-refractivity contribution in [2.24, 2.45) is 4.99 Å². The summed E-state index contributed by atoms with van der Waals surface area (Å²) in [5.41, 5.74) is 1.07. The summed E-state index contributed by atoms with van der Waals surface area (Å²) in [4.78, 5) is 22.9. The number of nitrogens with one attached hydrogen (secondary N) is 2. The van der Waals surface area contributed by atoms with Crippen LogP contribution >= 0.6 is 24.0 Å². The SMILES string of the molecule is CCNC(=NCCC(=O)Nc1ccc(C)cn1)N1CCCC1.I. The number of carbonyl (C=O) groups excluding carboxylic acids is 1. The maximum absolute atomic E-state index is 11.9. The predicted molar refractivity (Wildman–Crippen MR) is 104 cm³/mol. The van der Waals surface area contributed by atoms with E-state index in [1.54, 1.807) is 6.20 Å². The highest BCUT2D eigenvalue weighted by Crippen LogP contribution is 2.08. The Morgan fingerprint density at radius 3 is 2.70 bits per heavy atom. The summed E-state index contributed by atoms with van der Waals surface area (Å²) in [5.74, 6) is 1.45. The number of guanidine groups is 1. The molecule has 1 aromatic heterocycles. The molecule has 2 N–H and O–H groups in total. The molecule has 23 heavy (non-hydrogen) atoms. The lowest BCUT2D eigenvalue weighted by molar-refractivity contribution is -0.116. The number of amides is 1. The third kappa shape index (κ3) is 6.72. The van der Waals surface area contributed by atoms with Gasteiger partial charge >= 0.3 is 0 Å². The molecule has 0 aliphatic carbocycles. The van der Waals surface area contributed by atoms with Gasteiger partial charge in [0.2, 0.25) is 5.91 Å². The number of halogens is 1. The van der Waals surface area contributed by atoms with E-state index in [0.717, 1.165) is 31.2 Å². The largest absolute Gasteiger partial charge is 0.357 e. The summed E-state index contributed by atoms with van der Waals surface area (Å²) in [6.45, 7) is 7.44. The highest BCUT2D eigenvalue weighted by Gasteiger charge is 2.15. The average molecular weight is 431 g/mol. The molecule has 0 spiro atoms. The second kappa shape index (κ2) is 10.4. The van der Waals surface area contributed by atoms with Crippen molar-refractivity contribution in [1.29, 1.82) is 0 Å². The molecular formula is C16H26IN5O. The second-order valence-corrected chi connectivity index (χ2v) is 5.45. The summed E-state index contributed by atoms with van der Waals surface area (Å²) in [6.07, 6.45) is 4.52. The molecule has 6 nitrogen and oxygen atoms in total. The molecule has 1 saturated heterocycles. The molecule has 7 heteroatoms. The molecule has 2 rings (SSSR count). The lowest BCUT2D eigenvalue weighted by atomic mass is 10.3. The number of nitrogens with zero attached hydrogens (tertiary/aromatic N) is 3. The molecule has 2 heterocycles. The summed E-state index contributed by atoms with van der Waals surface area (Å²) in [5, 5.41) is 6.08. The van der Waals surface area contributed by atoms with Crippen molar-refractivity contribution in [3.05, 3.63) is 23.9 Å². The number of rotatable bonds is 5. The minimum Gasteiger partial charge on any atom is -0.357 e. The molecule has 0 bridgehead atoms. The average Bonchev–Trinajstić information content (AvgIpc) is 3.03. The van der Waals surface area contributed by atoms with E-state index in [9.17, 15) is 4.79 Å². The first kappa shape index (κ1) is 19.7. The van der Waals surface area contributed by atoms with Crippen LogP contribution in [0, 0.1) is 6.92 Å². The van der Waals surface area contributed by atoms with E-state index in [-0.39, 0.29) is 29.9 Å². The van der Waals surface area contributed by atoms with Crippen molar-refractivity contribution in [1.82, 2.24) is 15.2 Å². The Balaban J connectivity index is 0.00000264. The topological polar surface area (TPSA) is 69.6 Å². The van der Waals surface area contributed by atoms with E-state index in [4.69, 9.17) is 0 Å². The minimum atomic E-state index is -0.0580. The fourth-order valence-corrected chi connectivity index (χ4v) is 2.37. The molecule has 1 aromatic rings. The zero-order valence-corrected chi connectivity index (χ0v) is 16.2. The molecule has 0 radical (unpaired) electrons. The Kier molecular flexibility index (Phi) is 8.90. The molecular weight excluding hydrogens is 405 g/mol. The molecule has 128 valence electrons. The van der Waals surface area contributed by atoms with Gasteiger partial charge in [-0.2, -0.15) is 0 Å². The standard InChI is InChI=1S/C16H25N5O.HI/c1-3-17-16(21-10-4-5-11-21)18-9-8-15(22)20-14-7-6-13(2)12-19-14;/h6-7,12H,3-5,8-11H2,1-2H3,(H,17,18)(H,19,20,22);1H. The van der Waals surface area contributed by atoms with Crippen LogP contribution in [-0.2, 0) is 4.79 Å². The van der Waals surface area contributed by atoms with Crippen LogP contribution in [0.5, 0.6) is 0 Å². The zero-order chi connectivity index (χ0) is 15.8. The number of anilines is 1.